The molecule has 0 aliphatic heterocycles. The van der Waals surface area contributed by atoms with Crippen LogP contribution in [0.1, 0.15) is 0 Å². The highest BCUT2D eigenvalue weighted by atomic mass is 32.2. The van der Waals surface area contributed by atoms with Crippen LogP contribution in [0, 0.1) is 0 Å². The van der Waals surface area contributed by atoms with Gasteiger partial charge in [0, 0.05) is 31.6 Å². The monoisotopic (exact) mass is 225 g/mol. The quantitative estimate of drug-likeness (QED) is 0.560. The molecule has 0 unspecified atom stereocenters. The number of nitrogens with one attached hydrogen (secondary N) is 1. The number of likely N-dealkylation sites (N-methyl/N-ethyl adjacent to an activating group) is 1. The fourth-order valence-corrected chi connectivity index (χ4v) is 1.85. The summed E-state index contributed by atoms with van der Waals surface area (Å²) in [6.07, 6.45) is 1.84. The van der Waals surface area contributed by atoms with Gasteiger partial charge in [-0.25, -0.2) is 4.98 Å². The molecule has 0 atom stereocenters. The van der Waals surface area contributed by atoms with Crippen LogP contribution >= 0.6 is 11.8 Å². The number of thioether (sulfide) groups is 1. The van der Waals surface area contributed by atoms with Gasteiger partial charge < -0.3 is 10.2 Å². The van der Waals surface area contributed by atoms with E-state index in [1.165, 1.54) is 0 Å². The van der Waals surface area contributed by atoms with Crippen LogP contribution in [0.5, 0.6) is 0 Å². The largest absolute Gasteiger partial charge is 0.315 e. The van der Waals surface area contributed by atoms with Crippen molar-refractivity contribution >= 4 is 11.8 Å². The number of nitrogens with zero attached hydrogens (tertiary/aromatic N) is 2. The number of hydrogen-bond acceptors (Lipinski definition) is 4. The van der Waals surface area contributed by atoms with Crippen molar-refractivity contribution in [3.05, 3.63) is 24.4 Å². The lowest BCUT2D eigenvalue weighted by atomic mass is 10.5. The van der Waals surface area contributed by atoms with Crippen LogP contribution in [-0.4, -0.2) is 49.4 Å². The summed E-state index contributed by atoms with van der Waals surface area (Å²) in [5.74, 6) is 1.07. The number of aromatic nitrogens is 1. The summed E-state index contributed by atoms with van der Waals surface area (Å²) in [4.78, 5) is 6.43. The molecule has 0 saturated heterocycles. The van der Waals surface area contributed by atoms with Gasteiger partial charge in [0.1, 0.15) is 0 Å². The molecule has 15 heavy (non-hydrogen) atoms. The van der Waals surface area contributed by atoms with Gasteiger partial charge in [-0.15, -0.1) is 11.8 Å². The maximum Gasteiger partial charge on any atom is 0.0960 e. The Kier molecular flexibility index (Phi) is 6.39. The van der Waals surface area contributed by atoms with Crippen LogP contribution in [0.25, 0.3) is 0 Å². The molecule has 1 heterocycles. The second-order valence-electron chi connectivity index (χ2n) is 3.57. The van der Waals surface area contributed by atoms with Crippen LogP contribution in [0.3, 0.4) is 0 Å². The zero-order chi connectivity index (χ0) is 10.9. The van der Waals surface area contributed by atoms with E-state index < -0.39 is 0 Å². The molecule has 1 N–H and O–H groups in total. The topological polar surface area (TPSA) is 28.2 Å². The van der Waals surface area contributed by atoms with Crippen LogP contribution in [0.2, 0.25) is 0 Å². The first-order chi connectivity index (χ1) is 7.29. The molecule has 0 amide bonds. The fourth-order valence-electron chi connectivity index (χ4n) is 1.09. The van der Waals surface area contributed by atoms with Gasteiger partial charge >= 0.3 is 0 Å². The first-order valence-corrected chi connectivity index (χ1v) is 6.17. The minimum Gasteiger partial charge on any atom is -0.315 e. The van der Waals surface area contributed by atoms with E-state index in [4.69, 9.17) is 0 Å². The van der Waals surface area contributed by atoms with E-state index in [1.54, 1.807) is 11.8 Å². The van der Waals surface area contributed by atoms with E-state index in [-0.39, 0.29) is 0 Å². The summed E-state index contributed by atoms with van der Waals surface area (Å²) in [6, 6.07) is 6.01. The molecule has 0 aliphatic carbocycles. The Labute approximate surface area is 96.3 Å². The average molecular weight is 225 g/mol. The third-order valence-electron chi connectivity index (χ3n) is 1.90. The van der Waals surface area contributed by atoms with Crippen LogP contribution in [0.15, 0.2) is 29.4 Å². The third kappa shape index (κ3) is 6.49. The fraction of sp³-hybridized carbons (Fsp3) is 0.545. The maximum atomic E-state index is 4.25. The average Bonchev–Trinajstić information content (AvgIpc) is 2.24. The molecule has 1 aromatic heterocycles. The van der Waals surface area contributed by atoms with Crippen molar-refractivity contribution in [2.45, 2.75) is 5.03 Å². The van der Waals surface area contributed by atoms with E-state index in [9.17, 15) is 0 Å². The van der Waals surface area contributed by atoms with E-state index in [1.807, 2.05) is 24.4 Å². The van der Waals surface area contributed by atoms with Crippen molar-refractivity contribution in [2.75, 3.05) is 39.5 Å². The standard InChI is InChI=1S/C11H19N3S/c1-14(2)9-7-12-8-10-15-11-5-3-4-6-13-11/h3-6,12H,7-10H2,1-2H3. The lowest BCUT2D eigenvalue weighted by Gasteiger charge is -2.09. The van der Waals surface area contributed by atoms with Crippen molar-refractivity contribution in [2.24, 2.45) is 0 Å². The highest BCUT2D eigenvalue weighted by Gasteiger charge is 1.94. The van der Waals surface area contributed by atoms with E-state index in [0.29, 0.717) is 0 Å². The molecule has 0 aliphatic rings. The Hall–Kier alpha value is -0.580. The van der Waals surface area contributed by atoms with E-state index >= 15 is 0 Å². The van der Waals surface area contributed by atoms with Crippen molar-refractivity contribution < 1.29 is 0 Å². The Morgan fingerprint density at radius 3 is 2.87 bits per heavy atom. The molecule has 0 saturated carbocycles. The second-order valence-corrected chi connectivity index (χ2v) is 4.68. The molecule has 4 heteroatoms. The number of rotatable bonds is 7. The predicted molar refractivity (Wildman–Crippen MR) is 66.4 cm³/mol. The van der Waals surface area contributed by atoms with Gasteiger partial charge in [0.05, 0.1) is 5.03 Å². The highest BCUT2D eigenvalue weighted by Crippen LogP contribution is 2.12. The van der Waals surface area contributed by atoms with Crippen LogP contribution < -0.4 is 5.32 Å². The van der Waals surface area contributed by atoms with Gasteiger partial charge in [-0.2, -0.15) is 0 Å². The maximum absolute atomic E-state index is 4.25. The molecule has 0 fully saturated rings. The minimum absolute atomic E-state index is 1.04. The van der Waals surface area contributed by atoms with Crippen molar-refractivity contribution in [1.82, 2.24) is 15.2 Å². The SMILES string of the molecule is CN(C)CCNCCSc1ccccn1. The lowest BCUT2D eigenvalue weighted by Crippen LogP contribution is -2.27. The Morgan fingerprint density at radius 2 is 2.20 bits per heavy atom. The molecule has 1 aromatic rings. The van der Waals surface area contributed by atoms with Crippen LogP contribution in [0.4, 0.5) is 0 Å². The molecule has 0 spiro atoms. The first-order valence-electron chi connectivity index (χ1n) is 5.18. The molecule has 0 aromatic carbocycles. The van der Waals surface area contributed by atoms with Gasteiger partial charge in [0.15, 0.2) is 0 Å². The molecular formula is C11H19N3S. The van der Waals surface area contributed by atoms with E-state index in [0.717, 1.165) is 30.4 Å². The van der Waals surface area contributed by atoms with Gasteiger partial charge in [-0.1, -0.05) is 6.07 Å². The Balaban J connectivity index is 1.98. The van der Waals surface area contributed by atoms with Gasteiger partial charge in [0.2, 0.25) is 0 Å². The summed E-state index contributed by atoms with van der Waals surface area (Å²) in [7, 11) is 4.18. The summed E-state index contributed by atoms with van der Waals surface area (Å²) in [5, 5.41) is 4.50. The first kappa shape index (κ1) is 12.5. The molecule has 84 valence electrons. The number of pyridine rings is 1. The zero-order valence-corrected chi connectivity index (χ0v) is 10.3. The summed E-state index contributed by atoms with van der Waals surface area (Å²) >= 11 is 1.79. The zero-order valence-electron chi connectivity index (χ0n) is 9.44. The molecular weight excluding hydrogens is 206 g/mol. The van der Waals surface area contributed by atoms with E-state index in [2.05, 4.69) is 29.3 Å². The Bertz CT molecular complexity index is 251. The van der Waals surface area contributed by atoms with Crippen molar-refractivity contribution in [3.63, 3.8) is 0 Å². The lowest BCUT2D eigenvalue weighted by molar-refractivity contribution is 0.403. The van der Waals surface area contributed by atoms with Crippen LogP contribution in [-0.2, 0) is 0 Å². The summed E-state index contributed by atoms with van der Waals surface area (Å²) in [6.45, 7) is 3.18. The smallest absolute Gasteiger partial charge is 0.0960 e. The Morgan fingerprint density at radius 1 is 1.33 bits per heavy atom. The second kappa shape index (κ2) is 7.68. The predicted octanol–water partition coefficient (Wildman–Crippen LogP) is 1.32. The third-order valence-corrected chi connectivity index (χ3v) is 2.85. The van der Waals surface area contributed by atoms with Gasteiger partial charge in [-0.05, 0) is 26.2 Å². The summed E-state index contributed by atoms with van der Waals surface area (Å²) < 4.78 is 0. The van der Waals surface area contributed by atoms with Crippen molar-refractivity contribution in [1.29, 1.82) is 0 Å². The summed E-state index contributed by atoms with van der Waals surface area (Å²) in [5.41, 5.74) is 0. The van der Waals surface area contributed by atoms with Crippen molar-refractivity contribution in [3.8, 4) is 0 Å². The molecule has 0 bridgehead atoms. The molecule has 1 rings (SSSR count). The molecule has 3 nitrogen and oxygen atoms in total. The normalized spacial score (nSPS) is 10.9. The highest BCUT2D eigenvalue weighted by molar-refractivity contribution is 7.99. The van der Waals surface area contributed by atoms with Gasteiger partial charge in [-0.3, -0.25) is 0 Å². The minimum atomic E-state index is 1.04. The van der Waals surface area contributed by atoms with Gasteiger partial charge in [0.25, 0.3) is 0 Å². The number of hydrogen-bond donors (Lipinski definition) is 1. The molecule has 0 radical (unpaired) electrons.